The fourth-order valence-corrected chi connectivity index (χ4v) is 2.45. The molecule has 0 radical (unpaired) electrons. The van der Waals surface area contributed by atoms with Crippen LogP contribution in [0.4, 0.5) is 5.82 Å². The van der Waals surface area contributed by atoms with E-state index < -0.39 is 0 Å². The van der Waals surface area contributed by atoms with Crippen LogP contribution in [-0.2, 0) is 19.7 Å². The Hall–Kier alpha value is -1.59. The summed E-state index contributed by atoms with van der Waals surface area (Å²) in [7, 11) is 0. The number of aliphatic hydroxyl groups excluding tert-OH is 1. The molecule has 0 amide bonds. The number of nitrogens with zero attached hydrogens (tertiary/aromatic N) is 4. The van der Waals surface area contributed by atoms with Gasteiger partial charge < -0.3 is 14.6 Å². The van der Waals surface area contributed by atoms with Crippen molar-refractivity contribution < 1.29 is 5.11 Å². The molecule has 2 aromatic heterocycles. The summed E-state index contributed by atoms with van der Waals surface area (Å²) in [5, 5.41) is 9.61. The highest BCUT2D eigenvalue weighted by Gasteiger charge is 2.19. The van der Waals surface area contributed by atoms with Crippen molar-refractivity contribution in [3.63, 3.8) is 0 Å². The molecular formula is C12H13ClN4O. The number of fused-ring (bicyclic) bond motifs is 1. The van der Waals surface area contributed by atoms with Gasteiger partial charge in [-0.2, -0.15) is 0 Å². The van der Waals surface area contributed by atoms with Crippen LogP contribution in [0.3, 0.4) is 0 Å². The summed E-state index contributed by atoms with van der Waals surface area (Å²) in [6.07, 6.45) is 5.45. The van der Waals surface area contributed by atoms with Crippen LogP contribution in [0.2, 0.25) is 5.02 Å². The number of pyridine rings is 1. The monoisotopic (exact) mass is 264 g/mol. The molecule has 3 heterocycles. The van der Waals surface area contributed by atoms with E-state index in [1.807, 2.05) is 12.4 Å². The summed E-state index contributed by atoms with van der Waals surface area (Å²) in [5.74, 6) is 1.77. The Morgan fingerprint density at radius 2 is 2.22 bits per heavy atom. The van der Waals surface area contributed by atoms with Crippen LogP contribution in [0.1, 0.15) is 11.4 Å². The zero-order valence-electron chi connectivity index (χ0n) is 9.75. The number of hydrogen-bond acceptors (Lipinski definition) is 4. The fraction of sp³-hybridized carbons (Fsp3) is 0.333. The Morgan fingerprint density at radius 1 is 1.33 bits per heavy atom. The normalized spacial score (nSPS) is 14.7. The number of hydrogen-bond donors (Lipinski definition) is 1. The number of rotatable bonds is 2. The predicted molar refractivity (Wildman–Crippen MR) is 68.4 cm³/mol. The lowest BCUT2D eigenvalue weighted by molar-refractivity contribution is 0.281. The second-order valence-corrected chi connectivity index (χ2v) is 4.67. The van der Waals surface area contributed by atoms with E-state index in [4.69, 9.17) is 16.7 Å². The summed E-state index contributed by atoms with van der Waals surface area (Å²) in [5.41, 5.74) is 0.724. The summed E-state index contributed by atoms with van der Waals surface area (Å²) in [6.45, 7) is 2.40. The van der Waals surface area contributed by atoms with Gasteiger partial charge in [0.25, 0.3) is 0 Å². The molecule has 6 heteroatoms. The molecule has 0 bridgehead atoms. The lowest BCUT2D eigenvalue weighted by atomic mass is 10.2. The van der Waals surface area contributed by atoms with Crippen molar-refractivity contribution >= 4 is 17.4 Å². The van der Waals surface area contributed by atoms with E-state index in [0.29, 0.717) is 11.6 Å². The summed E-state index contributed by atoms with van der Waals surface area (Å²) >= 11 is 6.20. The molecule has 0 saturated heterocycles. The van der Waals surface area contributed by atoms with Gasteiger partial charge in [0.2, 0.25) is 0 Å². The van der Waals surface area contributed by atoms with Gasteiger partial charge in [-0.1, -0.05) is 11.6 Å². The minimum Gasteiger partial charge on any atom is -0.392 e. The first-order valence-electron chi connectivity index (χ1n) is 5.78. The number of imidazole rings is 1. The average molecular weight is 265 g/mol. The van der Waals surface area contributed by atoms with Gasteiger partial charge in [0.1, 0.15) is 11.6 Å². The first-order valence-corrected chi connectivity index (χ1v) is 6.16. The molecule has 5 nitrogen and oxygen atoms in total. The number of halogens is 1. The Bertz CT molecular complexity index is 569. The van der Waals surface area contributed by atoms with Gasteiger partial charge in [-0.3, -0.25) is 0 Å². The van der Waals surface area contributed by atoms with Crippen molar-refractivity contribution in [2.75, 3.05) is 11.4 Å². The zero-order valence-corrected chi connectivity index (χ0v) is 10.5. The van der Waals surface area contributed by atoms with E-state index in [1.165, 1.54) is 0 Å². The average Bonchev–Trinajstić information content (AvgIpc) is 2.85. The van der Waals surface area contributed by atoms with Gasteiger partial charge in [-0.15, -0.1) is 0 Å². The Morgan fingerprint density at radius 3 is 3.00 bits per heavy atom. The van der Waals surface area contributed by atoms with E-state index in [1.54, 1.807) is 12.3 Å². The highest BCUT2D eigenvalue weighted by Crippen LogP contribution is 2.26. The Balaban J connectivity index is 1.88. The second kappa shape index (κ2) is 4.59. The molecule has 0 aromatic carbocycles. The summed E-state index contributed by atoms with van der Waals surface area (Å²) in [4.78, 5) is 10.7. The number of anilines is 1. The van der Waals surface area contributed by atoms with Crippen molar-refractivity contribution in [1.82, 2.24) is 14.5 Å². The van der Waals surface area contributed by atoms with Crippen molar-refractivity contribution in [3.8, 4) is 0 Å². The van der Waals surface area contributed by atoms with Crippen molar-refractivity contribution in [3.05, 3.63) is 41.1 Å². The molecule has 0 fully saturated rings. The van der Waals surface area contributed by atoms with Gasteiger partial charge in [0.05, 0.1) is 18.2 Å². The molecule has 1 N–H and O–H groups in total. The lowest BCUT2D eigenvalue weighted by Gasteiger charge is -2.29. The molecule has 18 heavy (non-hydrogen) atoms. The highest BCUT2D eigenvalue weighted by molar-refractivity contribution is 6.33. The van der Waals surface area contributed by atoms with Crippen LogP contribution in [0.15, 0.2) is 24.7 Å². The van der Waals surface area contributed by atoms with Crippen molar-refractivity contribution in [1.29, 1.82) is 0 Å². The number of aliphatic hydroxyl groups is 1. The lowest BCUT2D eigenvalue weighted by Crippen LogP contribution is -2.34. The van der Waals surface area contributed by atoms with Gasteiger partial charge in [-0.25, -0.2) is 9.97 Å². The largest absolute Gasteiger partial charge is 0.392 e. The van der Waals surface area contributed by atoms with Crippen molar-refractivity contribution in [2.24, 2.45) is 0 Å². The third-order valence-corrected chi connectivity index (χ3v) is 3.38. The van der Waals surface area contributed by atoms with E-state index in [2.05, 4.69) is 19.4 Å². The van der Waals surface area contributed by atoms with E-state index in [9.17, 15) is 0 Å². The SMILES string of the molecule is OCc1cnc(N2CCn3ccnc3C2)c(Cl)c1. The minimum absolute atomic E-state index is 0.0442. The molecule has 0 spiro atoms. The third-order valence-electron chi connectivity index (χ3n) is 3.11. The van der Waals surface area contributed by atoms with Crippen LogP contribution in [0.5, 0.6) is 0 Å². The summed E-state index contributed by atoms with van der Waals surface area (Å²) in [6, 6.07) is 1.75. The molecule has 1 aliphatic heterocycles. The molecule has 0 aliphatic carbocycles. The smallest absolute Gasteiger partial charge is 0.147 e. The summed E-state index contributed by atoms with van der Waals surface area (Å²) < 4.78 is 2.13. The standard InChI is InChI=1S/C12H13ClN4O/c13-10-5-9(8-18)6-15-12(10)17-4-3-16-2-1-14-11(16)7-17/h1-2,5-6,18H,3-4,7-8H2. The zero-order chi connectivity index (χ0) is 12.5. The fourth-order valence-electron chi connectivity index (χ4n) is 2.14. The molecule has 3 rings (SSSR count). The molecule has 0 saturated carbocycles. The van der Waals surface area contributed by atoms with Gasteiger partial charge in [0.15, 0.2) is 0 Å². The second-order valence-electron chi connectivity index (χ2n) is 4.27. The molecule has 1 aliphatic rings. The van der Waals surface area contributed by atoms with Crippen LogP contribution >= 0.6 is 11.6 Å². The van der Waals surface area contributed by atoms with E-state index in [0.717, 1.165) is 30.3 Å². The quantitative estimate of drug-likeness (QED) is 0.892. The van der Waals surface area contributed by atoms with Gasteiger partial charge in [0, 0.05) is 31.7 Å². The number of aromatic nitrogens is 3. The molecule has 0 unspecified atom stereocenters. The van der Waals surface area contributed by atoms with Crippen LogP contribution < -0.4 is 4.90 Å². The Labute approximate surface area is 110 Å². The van der Waals surface area contributed by atoms with Gasteiger partial charge >= 0.3 is 0 Å². The van der Waals surface area contributed by atoms with E-state index >= 15 is 0 Å². The third kappa shape index (κ3) is 1.95. The van der Waals surface area contributed by atoms with Crippen LogP contribution in [0.25, 0.3) is 0 Å². The predicted octanol–water partition coefficient (Wildman–Crippen LogP) is 1.44. The molecule has 0 atom stereocenters. The maximum Gasteiger partial charge on any atom is 0.147 e. The maximum absolute atomic E-state index is 9.04. The maximum atomic E-state index is 9.04. The van der Waals surface area contributed by atoms with E-state index in [-0.39, 0.29) is 6.61 Å². The molecular weight excluding hydrogens is 252 g/mol. The van der Waals surface area contributed by atoms with Gasteiger partial charge in [-0.05, 0) is 11.6 Å². The topological polar surface area (TPSA) is 54.2 Å². The minimum atomic E-state index is -0.0442. The Kier molecular flexibility index (Phi) is 2.93. The van der Waals surface area contributed by atoms with Crippen molar-refractivity contribution in [2.45, 2.75) is 19.7 Å². The van der Waals surface area contributed by atoms with Crippen LogP contribution in [-0.4, -0.2) is 26.2 Å². The molecule has 94 valence electrons. The van der Waals surface area contributed by atoms with Crippen LogP contribution in [0, 0.1) is 0 Å². The first-order chi connectivity index (χ1) is 8.78. The highest BCUT2D eigenvalue weighted by atomic mass is 35.5. The molecule has 2 aromatic rings. The first kappa shape index (κ1) is 11.5.